The highest BCUT2D eigenvalue weighted by atomic mass is 16.7. The fraction of sp³-hybridized carbons (Fsp3) is 0.500. The van der Waals surface area contributed by atoms with Gasteiger partial charge in [-0.05, 0) is 13.0 Å². The van der Waals surface area contributed by atoms with E-state index in [1.54, 1.807) is 19.1 Å². The Hall–Kier alpha value is -1.43. The lowest BCUT2D eigenvalue weighted by molar-refractivity contribution is -0.417. The first kappa shape index (κ1) is 12.6. The van der Waals surface area contributed by atoms with Crippen LogP contribution in [-0.4, -0.2) is 44.0 Å². The summed E-state index contributed by atoms with van der Waals surface area (Å²) in [7, 11) is 3.15. The Morgan fingerprint density at radius 3 is 2.58 bits per heavy atom. The van der Waals surface area contributed by atoms with Crippen molar-refractivity contribution in [1.82, 2.24) is 4.90 Å². The molecular weight excluding hydrogens is 246 g/mol. The van der Waals surface area contributed by atoms with E-state index in [1.807, 2.05) is 31.2 Å². The molecule has 5 heteroatoms. The van der Waals surface area contributed by atoms with Gasteiger partial charge in [0, 0.05) is 32.0 Å². The summed E-state index contributed by atoms with van der Waals surface area (Å²) in [5.41, 5.74) is 0.516. The van der Waals surface area contributed by atoms with Gasteiger partial charge in [-0.1, -0.05) is 18.2 Å². The molecule has 0 aromatic heterocycles. The molecule has 1 aromatic carbocycles. The predicted octanol–water partition coefficient (Wildman–Crippen LogP) is 1.33. The SMILES string of the molecule is CCOC12c3ccccc3C(=O)N1CC2(OC)OC. The van der Waals surface area contributed by atoms with Crippen molar-refractivity contribution < 1.29 is 19.0 Å². The van der Waals surface area contributed by atoms with Gasteiger partial charge in [-0.2, -0.15) is 0 Å². The number of hydrogen-bond acceptors (Lipinski definition) is 4. The van der Waals surface area contributed by atoms with Gasteiger partial charge in [0.2, 0.25) is 11.5 Å². The summed E-state index contributed by atoms with van der Waals surface area (Å²) in [6.45, 7) is 2.73. The smallest absolute Gasteiger partial charge is 0.257 e. The van der Waals surface area contributed by atoms with Gasteiger partial charge < -0.3 is 14.2 Å². The summed E-state index contributed by atoms with van der Waals surface area (Å²) in [6.07, 6.45) is 0. The number of nitrogens with zero attached hydrogens (tertiary/aromatic N) is 1. The largest absolute Gasteiger partial charge is 0.347 e. The van der Waals surface area contributed by atoms with Crippen molar-refractivity contribution in [3.05, 3.63) is 35.4 Å². The minimum Gasteiger partial charge on any atom is -0.347 e. The summed E-state index contributed by atoms with van der Waals surface area (Å²) >= 11 is 0. The lowest BCUT2D eigenvalue weighted by atomic mass is 9.85. The normalized spacial score (nSPS) is 26.9. The van der Waals surface area contributed by atoms with Crippen LogP contribution in [0.4, 0.5) is 0 Å². The lowest BCUT2D eigenvalue weighted by Crippen LogP contribution is -2.77. The second-order valence-corrected chi connectivity index (χ2v) is 4.68. The average molecular weight is 263 g/mol. The molecule has 0 N–H and O–H groups in total. The molecule has 1 unspecified atom stereocenters. The molecule has 2 heterocycles. The third kappa shape index (κ3) is 1.23. The summed E-state index contributed by atoms with van der Waals surface area (Å²) in [4.78, 5) is 14.1. The molecule has 102 valence electrons. The highest BCUT2D eigenvalue weighted by molar-refractivity contribution is 6.01. The van der Waals surface area contributed by atoms with Crippen LogP contribution in [0.15, 0.2) is 24.3 Å². The van der Waals surface area contributed by atoms with Crippen molar-refractivity contribution in [2.24, 2.45) is 0 Å². The molecule has 0 spiro atoms. The zero-order valence-electron chi connectivity index (χ0n) is 11.3. The topological polar surface area (TPSA) is 48.0 Å². The van der Waals surface area contributed by atoms with E-state index < -0.39 is 11.5 Å². The van der Waals surface area contributed by atoms with Crippen LogP contribution in [0.3, 0.4) is 0 Å². The number of rotatable bonds is 4. The number of hydrogen-bond donors (Lipinski definition) is 0. The maximum Gasteiger partial charge on any atom is 0.257 e. The van der Waals surface area contributed by atoms with Crippen LogP contribution < -0.4 is 0 Å². The van der Waals surface area contributed by atoms with Crippen LogP contribution in [0.1, 0.15) is 22.8 Å². The van der Waals surface area contributed by atoms with Crippen molar-refractivity contribution in [3.8, 4) is 0 Å². The summed E-state index contributed by atoms with van der Waals surface area (Å²) in [6, 6.07) is 7.45. The van der Waals surface area contributed by atoms with E-state index in [-0.39, 0.29) is 5.91 Å². The Bertz CT molecular complexity index is 526. The summed E-state index contributed by atoms with van der Waals surface area (Å²) in [5.74, 6) is -0.973. The Morgan fingerprint density at radius 1 is 1.26 bits per heavy atom. The van der Waals surface area contributed by atoms with E-state index in [1.165, 1.54) is 0 Å². The van der Waals surface area contributed by atoms with Crippen LogP contribution in [0, 0.1) is 0 Å². The fourth-order valence-corrected chi connectivity index (χ4v) is 3.18. The van der Waals surface area contributed by atoms with E-state index in [9.17, 15) is 4.79 Å². The fourth-order valence-electron chi connectivity index (χ4n) is 3.18. The number of amides is 1. The third-order valence-electron chi connectivity index (χ3n) is 4.04. The molecule has 1 saturated heterocycles. The molecule has 0 bridgehead atoms. The van der Waals surface area contributed by atoms with Crippen molar-refractivity contribution in [2.45, 2.75) is 18.4 Å². The van der Waals surface area contributed by atoms with Crippen molar-refractivity contribution in [2.75, 3.05) is 27.4 Å². The lowest BCUT2D eigenvalue weighted by Gasteiger charge is -2.59. The minimum atomic E-state index is -0.959. The highest BCUT2D eigenvalue weighted by Crippen LogP contribution is 2.56. The van der Waals surface area contributed by atoms with Crippen molar-refractivity contribution in [3.63, 3.8) is 0 Å². The molecule has 1 aromatic rings. The van der Waals surface area contributed by atoms with Gasteiger partial charge in [-0.3, -0.25) is 9.69 Å². The maximum absolute atomic E-state index is 12.4. The molecule has 0 aliphatic carbocycles. The van der Waals surface area contributed by atoms with Gasteiger partial charge in [0.15, 0.2) is 0 Å². The Morgan fingerprint density at radius 2 is 1.95 bits per heavy atom. The van der Waals surface area contributed by atoms with E-state index in [0.29, 0.717) is 18.7 Å². The molecule has 2 aliphatic heterocycles. The second-order valence-electron chi connectivity index (χ2n) is 4.68. The monoisotopic (exact) mass is 263 g/mol. The standard InChI is InChI=1S/C14H17NO4/c1-4-19-14-11-8-6-5-7-10(11)12(16)15(14)9-13(14,17-2)18-3/h5-8H,4,9H2,1-3H3. The molecule has 1 fully saturated rings. The van der Waals surface area contributed by atoms with Gasteiger partial charge in [0.1, 0.15) is 0 Å². The molecule has 0 saturated carbocycles. The van der Waals surface area contributed by atoms with Crippen LogP contribution >= 0.6 is 0 Å². The molecular formula is C14H17NO4. The van der Waals surface area contributed by atoms with E-state index in [2.05, 4.69) is 0 Å². The average Bonchev–Trinajstić information content (AvgIpc) is 2.62. The van der Waals surface area contributed by atoms with Crippen LogP contribution in [0.25, 0.3) is 0 Å². The predicted molar refractivity (Wildman–Crippen MR) is 67.5 cm³/mol. The molecule has 19 heavy (non-hydrogen) atoms. The Kier molecular flexibility index (Phi) is 2.67. The molecule has 0 radical (unpaired) electrons. The van der Waals surface area contributed by atoms with Crippen molar-refractivity contribution in [1.29, 1.82) is 0 Å². The number of benzene rings is 1. The number of carbonyl (C=O) groups excluding carboxylic acids is 1. The van der Waals surface area contributed by atoms with Crippen LogP contribution in [0.2, 0.25) is 0 Å². The number of ether oxygens (including phenoxy) is 3. The second kappa shape index (κ2) is 4.03. The maximum atomic E-state index is 12.4. The molecule has 2 aliphatic rings. The van der Waals surface area contributed by atoms with Gasteiger partial charge >= 0.3 is 0 Å². The number of methoxy groups -OCH3 is 2. The minimum absolute atomic E-state index is 0.0335. The molecule has 5 nitrogen and oxygen atoms in total. The van der Waals surface area contributed by atoms with E-state index >= 15 is 0 Å². The first-order chi connectivity index (χ1) is 9.16. The van der Waals surface area contributed by atoms with Gasteiger partial charge in [0.05, 0.1) is 6.54 Å². The first-order valence-corrected chi connectivity index (χ1v) is 6.32. The number of fused-ring (bicyclic) bond motifs is 3. The van der Waals surface area contributed by atoms with E-state index in [0.717, 1.165) is 5.56 Å². The molecule has 1 amide bonds. The molecule has 1 atom stereocenters. The van der Waals surface area contributed by atoms with Gasteiger partial charge in [-0.15, -0.1) is 0 Å². The van der Waals surface area contributed by atoms with Gasteiger partial charge in [-0.25, -0.2) is 0 Å². The molecule has 3 rings (SSSR count). The summed E-state index contributed by atoms with van der Waals surface area (Å²) < 4.78 is 17.1. The van der Waals surface area contributed by atoms with E-state index in [4.69, 9.17) is 14.2 Å². The summed E-state index contributed by atoms with van der Waals surface area (Å²) in [5, 5.41) is 0. The zero-order chi connectivity index (χ0) is 13.7. The first-order valence-electron chi connectivity index (χ1n) is 6.32. The quantitative estimate of drug-likeness (QED) is 0.769. The zero-order valence-corrected chi connectivity index (χ0v) is 11.3. The Balaban J connectivity index is 2.20. The van der Waals surface area contributed by atoms with Crippen LogP contribution in [-0.2, 0) is 19.9 Å². The van der Waals surface area contributed by atoms with Gasteiger partial charge in [0.25, 0.3) is 5.91 Å². The van der Waals surface area contributed by atoms with Crippen molar-refractivity contribution >= 4 is 5.91 Å². The third-order valence-corrected chi connectivity index (χ3v) is 4.04. The Labute approximate surface area is 112 Å². The highest BCUT2D eigenvalue weighted by Gasteiger charge is 2.74. The number of carbonyl (C=O) groups is 1. The van der Waals surface area contributed by atoms with Crippen LogP contribution in [0.5, 0.6) is 0 Å².